The lowest BCUT2D eigenvalue weighted by atomic mass is 10.0. The van der Waals surface area contributed by atoms with E-state index in [9.17, 15) is 8.42 Å². The van der Waals surface area contributed by atoms with Crippen molar-refractivity contribution in [3.05, 3.63) is 18.2 Å². The summed E-state index contributed by atoms with van der Waals surface area (Å²) in [6, 6.07) is 6.26. The summed E-state index contributed by atoms with van der Waals surface area (Å²) in [6.07, 6.45) is 1.71. The van der Waals surface area contributed by atoms with Crippen LogP contribution in [0.4, 0.5) is 5.69 Å². The summed E-state index contributed by atoms with van der Waals surface area (Å²) in [5.41, 5.74) is 1.14. The molecule has 3 aliphatic rings. The molecule has 3 heterocycles. The fourth-order valence-electron chi connectivity index (χ4n) is 3.89. The number of nitrogens with one attached hydrogen (secondary N) is 1. The molecule has 0 aromatic heterocycles. The predicted octanol–water partition coefficient (Wildman–Crippen LogP) is 0.786. The minimum absolute atomic E-state index is 0.0999. The quantitative estimate of drug-likeness (QED) is 0.842. The van der Waals surface area contributed by atoms with Crippen molar-refractivity contribution in [3.8, 4) is 11.5 Å². The van der Waals surface area contributed by atoms with Crippen molar-refractivity contribution in [2.45, 2.75) is 31.0 Å². The molecule has 1 aromatic carbocycles. The topological polar surface area (TPSA) is 77.1 Å². The molecule has 1 aromatic rings. The third kappa shape index (κ3) is 3.56. The summed E-state index contributed by atoms with van der Waals surface area (Å²) >= 11 is 0. The van der Waals surface area contributed by atoms with E-state index >= 15 is 0 Å². The lowest BCUT2D eigenvalue weighted by Gasteiger charge is -2.35. The number of hydrogen-bond acceptors (Lipinski definition) is 7. The molecule has 8 heteroatoms. The number of anilines is 1. The first-order valence-corrected chi connectivity index (χ1v) is 10.5. The molecule has 4 rings (SSSR count). The molecule has 7 nitrogen and oxygen atoms in total. The SMILES string of the molecule is CO[C@@H]1CS(=O)(=O)C[C@H]1NC1CCN(c2ccc3c(c2)OCO3)CC1. The fourth-order valence-corrected chi connectivity index (χ4v) is 5.76. The summed E-state index contributed by atoms with van der Waals surface area (Å²) in [6.45, 7) is 2.14. The maximum Gasteiger partial charge on any atom is 0.231 e. The van der Waals surface area contributed by atoms with Crippen molar-refractivity contribution in [2.75, 3.05) is 43.4 Å². The van der Waals surface area contributed by atoms with Gasteiger partial charge < -0.3 is 24.4 Å². The van der Waals surface area contributed by atoms with Gasteiger partial charge in [0, 0.05) is 44.0 Å². The molecule has 2 atom stereocenters. The zero-order valence-corrected chi connectivity index (χ0v) is 15.1. The fraction of sp³-hybridized carbons (Fsp3) is 0.647. The van der Waals surface area contributed by atoms with Crippen LogP contribution in [0.1, 0.15) is 12.8 Å². The molecular weight excluding hydrogens is 344 g/mol. The van der Waals surface area contributed by atoms with Crippen molar-refractivity contribution in [1.82, 2.24) is 5.32 Å². The maximum atomic E-state index is 11.8. The first-order chi connectivity index (χ1) is 12.0. The van der Waals surface area contributed by atoms with Gasteiger partial charge in [-0.2, -0.15) is 0 Å². The normalized spacial score (nSPS) is 28.4. The van der Waals surface area contributed by atoms with E-state index in [4.69, 9.17) is 14.2 Å². The Morgan fingerprint density at radius 3 is 2.68 bits per heavy atom. The van der Waals surface area contributed by atoms with Gasteiger partial charge in [-0.05, 0) is 25.0 Å². The van der Waals surface area contributed by atoms with Crippen LogP contribution in [0.2, 0.25) is 0 Å². The Hall–Kier alpha value is -1.51. The van der Waals surface area contributed by atoms with Gasteiger partial charge in [0.15, 0.2) is 21.3 Å². The van der Waals surface area contributed by atoms with Gasteiger partial charge in [0.05, 0.1) is 17.6 Å². The highest BCUT2D eigenvalue weighted by Crippen LogP contribution is 2.36. The van der Waals surface area contributed by atoms with E-state index in [1.54, 1.807) is 7.11 Å². The monoisotopic (exact) mass is 368 g/mol. The van der Waals surface area contributed by atoms with E-state index in [-0.39, 0.29) is 30.4 Å². The van der Waals surface area contributed by atoms with Gasteiger partial charge in [-0.3, -0.25) is 0 Å². The summed E-state index contributed by atoms with van der Waals surface area (Å²) < 4.78 is 39.8. The molecule has 25 heavy (non-hydrogen) atoms. The average molecular weight is 368 g/mol. The third-order valence-electron chi connectivity index (χ3n) is 5.27. The Labute approximate surface area is 148 Å². The second-order valence-electron chi connectivity index (χ2n) is 6.92. The smallest absolute Gasteiger partial charge is 0.231 e. The molecule has 0 spiro atoms. The largest absolute Gasteiger partial charge is 0.454 e. The number of hydrogen-bond donors (Lipinski definition) is 1. The van der Waals surface area contributed by atoms with Crippen LogP contribution >= 0.6 is 0 Å². The second-order valence-corrected chi connectivity index (χ2v) is 9.08. The van der Waals surface area contributed by atoms with E-state index < -0.39 is 9.84 Å². The van der Waals surface area contributed by atoms with Gasteiger partial charge in [-0.1, -0.05) is 0 Å². The molecule has 2 saturated heterocycles. The van der Waals surface area contributed by atoms with E-state index in [1.165, 1.54) is 0 Å². The number of fused-ring (bicyclic) bond motifs is 1. The molecule has 0 unspecified atom stereocenters. The molecule has 0 bridgehead atoms. The Balaban J connectivity index is 1.34. The van der Waals surface area contributed by atoms with Crippen LogP contribution in [0.3, 0.4) is 0 Å². The highest BCUT2D eigenvalue weighted by atomic mass is 32.2. The molecule has 1 N–H and O–H groups in total. The number of methoxy groups -OCH3 is 1. The van der Waals surface area contributed by atoms with Crippen LogP contribution in [0.25, 0.3) is 0 Å². The average Bonchev–Trinajstić information content (AvgIpc) is 3.18. The lowest BCUT2D eigenvalue weighted by Crippen LogP contribution is -2.50. The summed E-state index contributed by atoms with van der Waals surface area (Å²) in [4.78, 5) is 2.33. The number of rotatable bonds is 4. The first kappa shape index (κ1) is 16.9. The van der Waals surface area contributed by atoms with Crippen LogP contribution in [0.15, 0.2) is 18.2 Å². The van der Waals surface area contributed by atoms with Crippen LogP contribution in [-0.4, -0.2) is 65.1 Å². The van der Waals surface area contributed by atoms with Gasteiger partial charge in [0.2, 0.25) is 6.79 Å². The summed E-state index contributed by atoms with van der Waals surface area (Å²) in [7, 11) is -1.41. The number of sulfone groups is 1. The zero-order valence-electron chi connectivity index (χ0n) is 14.3. The highest BCUT2D eigenvalue weighted by molar-refractivity contribution is 7.91. The highest BCUT2D eigenvalue weighted by Gasteiger charge is 2.39. The number of nitrogens with zero attached hydrogens (tertiary/aromatic N) is 1. The molecule has 0 radical (unpaired) electrons. The van der Waals surface area contributed by atoms with Gasteiger partial charge in [-0.25, -0.2) is 8.42 Å². The van der Waals surface area contributed by atoms with Crippen molar-refractivity contribution >= 4 is 15.5 Å². The van der Waals surface area contributed by atoms with Crippen LogP contribution in [0, 0.1) is 0 Å². The minimum Gasteiger partial charge on any atom is -0.454 e. The summed E-state index contributed by atoms with van der Waals surface area (Å²) in [5.74, 6) is 1.90. The van der Waals surface area contributed by atoms with Crippen LogP contribution < -0.4 is 19.7 Å². The molecule has 2 fully saturated rings. The molecular formula is C17H24N2O5S. The maximum absolute atomic E-state index is 11.8. The van der Waals surface area contributed by atoms with Crippen LogP contribution in [-0.2, 0) is 14.6 Å². The van der Waals surface area contributed by atoms with Gasteiger partial charge in [0.1, 0.15) is 0 Å². The van der Waals surface area contributed by atoms with E-state index in [2.05, 4.69) is 16.3 Å². The van der Waals surface area contributed by atoms with Crippen molar-refractivity contribution in [2.24, 2.45) is 0 Å². The minimum atomic E-state index is -2.99. The molecule has 0 saturated carbocycles. The first-order valence-electron chi connectivity index (χ1n) is 8.68. The molecule has 0 aliphatic carbocycles. The predicted molar refractivity (Wildman–Crippen MR) is 94.2 cm³/mol. The van der Waals surface area contributed by atoms with Crippen molar-refractivity contribution < 1.29 is 22.6 Å². The van der Waals surface area contributed by atoms with E-state index in [0.717, 1.165) is 43.1 Å². The standard InChI is InChI=1S/C17H24N2O5S/c1-22-17-10-25(20,21)9-14(17)18-12-4-6-19(7-5-12)13-2-3-15-16(8-13)24-11-23-15/h2-3,8,12,14,17-18H,4-7,9-11H2,1H3/t14-,17-/m1/s1. The Morgan fingerprint density at radius 2 is 1.92 bits per heavy atom. The van der Waals surface area contributed by atoms with Gasteiger partial charge in [0.25, 0.3) is 0 Å². The van der Waals surface area contributed by atoms with E-state index in [0.29, 0.717) is 6.04 Å². The van der Waals surface area contributed by atoms with Crippen molar-refractivity contribution in [1.29, 1.82) is 0 Å². The number of piperidine rings is 1. The number of benzene rings is 1. The Morgan fingerprint density at radius 1 is 1.16 bits per heavy atom. The number of ether oxygens (including phenoxy) is 3. The van der Waals surface area contributed by atoms with E-state index in [1.807, 2.05) is 12.1 Å². The molecule has 138 valence electrons. The molecule has 0 amide bonds. The third-order valence-corrected chi connectivity index (χ3v) is 6.97. The van der Waals surface area contributed by atoms with Gasteiger partial charge in [-0.15, -0.1) is 0 Å². The zero-order chi connectivity index (χ0) is 17.4. The Bertz CT molecular complexity index is 731. The van der Waals surface area contributed by atoms with Crippen molar-refractivity contribution in [3.63, 3.8) is 0 Å². The van der Waals surface area contributed by atoms with Gasteiger partial charge >= 0.3 is 0 Å². The summed E-state index contributed by atoms with van der Waals surface area (Å²) in [5, 5.41) is 3.51. The van der Waals surface area contributed by atoms with Crippen LogP contribution in [0.5, 0.6) is 11.5 Å². The second kappa shape index (κ2) is 6.66. The Kier molecular flexibility index (Phi) is 4.51. The lowest BCUT2D eigenvalue weighted by molar-refractivity contribution is 0.0933. The molecule has 3 aliphatic heterocycles.